The van der Waals surface area contributed by atoms with E-state index < -0.39 is 68.7 Å². The van der Waals surface area contributed by atoms with Gasteiger partial charge < -0.3 is 0 Å². The van der Waals surface area contributed by atoms with E-state index in [9.17, 15) is 96.6 Å². The van der Waals surface area contributed by atoms with Gasteiger partial charge in [0.2, 0.25) is 6.43 Å². The van der Waals surface area contributed by atoms with E-state index in [0.717, 1.165) is 0 Å². The molecule has 0 aromatic rings. The molecule has 0 aliphatic rings. The number of halogens is 22. The van der Waals surface area contributed by atoms with Crippen LogP contribution < -0.4 is 0 Å². The molecule has 0 amide bonds. The van der Waals surface area contributed by atoms with Crippen LogP contribution in [0.1, 0.15) is 13.3 Å². The van der Waals surface area contributed by atoms with Crippen LogP contribution in [0.5, 0.6) is 0 Å². The minimum atomic E-state index is -5.76. The number of alkyl halides is 22. The van der Waals surface area contributed by atoms with Crippen molar-refractivity contribution in [3.05, 3.63) is 0 Å². The molecule has 212 valence electrons. The van der Waals surface area contributed by atoms with E-state index in [2.05, 4.69) is 0 Å². The second-order valence-corrected chi connectivity index (χ2v) is 5.21. The van der Waals surface area contributed by atoms with E-state index >= 15 is 0 Å². The standard InChI is InChI=1S/2C3H2F6.2C3H3F5/c4-1-2(5,6)3(7,8)9;4-1(2(5)6)3(7,8)9;1-2(4,5)3(6,7)8;4-2(5)1-3(6,7)8/h1H2;1-2H;1H3;2H,1H2. The van der Waals surface area contributed by atoms with Gasteiger partial charge >= 0.3 is 36.6 Å². The van der Waals surface area contributed by atoms with Crippen molar-refractivity contribution in [3.63, 3.8) is 0 Å². The van der Waals surface area contributed by atoms with Crippen molar-refractivity contribution < 1.29 is 96.6 Å². The fraction of sp³-hybridized carbons (Fsp3) is 1.00. The zero-order valence-corrected chi connectivity index (χ0v) is 15.5. The highest BCUT2D eigenvalue weighted by Gasteiger charge is 2.57. The van der Waals surface area contributed by atoms with Gasteiger partial charge in [-0.15, -0.1) is 0 Å². The topological polar surface area (TPSA) is 0 Å². The molecule has 0 aromatic carbocycles. The second-order valence-electron chi connectivity index (χ2n) is 5.21. The molecule has 0 N–H and O–H groups in total. The Morgan fingerprint density at radius 1 is 0.559 bits per heavy atom. The summed E-state index contributed by atoms with van der Waals surface area (Å²) in [5.74, 6) is -9.75. The average molecular weight is 572 g/mol. The molecule has 0 spiro atoms. The third-order valence-electron chi connectivity index (χ3n) is 2.00. The van der Waals surface area contributed by atoms with Crippen molar-refractivity contribution in [1.82, 2.24) is 0 Å². The molecule has 0 saturated carbocycles. The van der Waals surface area contributed by atoms with Crippen LogP contribution in [0.25, 0.3) is 0 Å². The maximum absolute atomic E-state index is 11.2. The molecule has 0 fully saturated rings. The fourth-order valence-corrected chi connectivity index (χ4v) is 0.394. The summed E-state index contributed by atoms with van der Waals surface area (Å²) >= 11 is 0. The van der Waals surface area contributed by atoms with E-state index in [1.54, 1.807) is 0 Å². The highest BCUT2D eigenvalue weighted by Crippen LogP contribution is 2.35. The lowest BCUT2D eigenvalue weighted by Crippen LogP contribution is -2.38. The molecule has 0 radical (unpaired) electrons. The molecule has 22 heteroatoms. The van der Waals surface area contributed by atoms with Gasteiger partial charge in [-0.25, -0.2) is 26.3 Å². The van der Waals surface area contributed by atoms with E-state index in [-0.39, 0.29) is 6.92 Å². The molecule has 0 aliphatic carbocycles. The van der Waals surface area contributed by atoms with Crippen LogP contribution >= 0.6 is 0 Å². The lowest BCUT2D eigenvalue weighted by atomic mass is 10.4. The zero-order chi connectivity index (χ0) is 29.1. The van der Waals surface area contributed by atoms with Gasteiger partial charge in [0.25, 0.3) is 12.6 Å². The van der Waals surface area contributed by atoms with Crippen molar-refractivity contribution in [2.24, 2.45) is 0 Å². The summed E-state index contributed by atoms with van der Waals surface area (Å²) in [7, 11) is 0. The highest BCUT2D eigenvalue weighted by atomic mass is 19.4. The van der Waals surface area contributed by atoms with Crippen LogP contribution in [0.15, 0.2) is 0 Å². The maximum atomic E-state index is 11.2. The van der Waals surface area contributed by atoms with Crippen LogP contribution in [-0.4, -0.2) is 62.2 Å². The van der Waals surface area contributed by atoms with E-state index in [1.807, 2.05) is 0 Å². The predicted octanol–water partition coefficient (Wildman–Crippen LogP) is 8.71. The molecule has 0 rings (SSSR count). The Balaban J connectivity index is -0.000000177. The van der Waals surface area contributed by atoms with Crippen LogP contribution in [0.3, 0.4) is 0 Å². The third-order valence-corrected chi connectivity index (χ3v) is 2.00. The Hall–Kier alpha value is -1.54. The summed E-state index contributed by atoms with van der Waals surface area (Å²) in [5.41, 5.74) is 0. The number of hydrogen-bond acceptors (Lipinski definition) is 0. The Bertz CT molecular complexity index is 486. The van der Waals surface area contributed by atoms with Crippen molar-refractivity contribution in [1.29, 1.82) is 0 Å². The quantitative estimate of drug-likeness (QED) is 0.297. The molecular weight excluding hydrogens is 562 g/mol. The molecule has 0 aromatic heterocycles. The van der Waals surface area contributed by atoms with Gasteiger partial charge in [0.05, 0.1) is 0 Å². The molecule has 0 nitrogen and oxygen atoms in total. The zero-order valence-electron chi connectivity index (χ0n) is 15.5. The largest absolute Gasteiger partial charge is 0.456 e. The molecule has 0 bridgehead atoms. The van der Waals surface area contributed by atoms with E-state index in [1.165, 1.54) is 0 Å². The summed E-state index contributed by atoms with van der Waals surface area (Å²) < 4.78 is 240. The molecule has 1 unspecified atom stereocenters. The van der Waals surface area contributed by atoms with Crippen molar-refractivity contribution in [2.75, 3.05) is 6.67 Å². The molecule has 0 saturated heterocycles. The van der Waals surface area contributed by atoms with Gasteiger partial charge in [-0.05, 0) is 0 Å². The maximum Gasteiger partial charge on any atom is 0.456 e. The van der Waals surface area contributed by atoms with Gasteiger partial charge in [0.1, 0.15) is 6.42 Å². The third kappa shape index (κ3) is 22.3. The van der Waals surface area contributed by atoms with Crippen molar-refractivity contribution in [2.45, 2.75) is 68.9 Å². The van der Waals surface area contributed by atoms with Gasteiger partial charge in [0, 0.05) is 6.92 Å². The summed E-state index contributed by atoms with van der Waals surface area (Å²) in [6.45, 7) is -2.89. The minimum absolute atomic E-state index is 0.188. The lowest BCUT2D eigenvalue weighted by Gasteiger charge is -2.14. The molecule has 0 aliphatic heterocycles. The lowest BCUT2D eigenvalue weighted by molar-refractivity contribution is -0.286. The van der Waals surface area contributed by atoms with Gasteiger partial charge in [-0.1, -0.05) is 0 Å². The Kier molecular flexibility index (Phi) is 16.5. The molecule has 0 heterocycles. The predicted molar refractivity (Wildman–Crippen MR) is 67.3 cm³/mol. The van der Waals surface area contributed by atoms with Gasteiger partial charge in [-0.3, -0.25) is 0 Å². The fourth-order valence-electron chi connectivity index (χ4n) is 0.394. The first-order valence-electron chi connectivity index (χ1n) is 7.12. The SMILES string of the molecule is CC(F)(F)C(F)(F)F.FC(F)C(F)C(F)(F)F.FC(F)CC(F)(F)F.FCC(F)(F)C(F)(F)F. The Labute approximate surface area is 173 Å². The average Bonchev–Trinajstić information content (AvgIpc) is 2.49. The molecule has 34 heavy (non-hydrogen) atoms. The smallest absolute Gasteiger partial charge is 0.244 e. The van der Waals surface area contributed by atoms with Crippen LogP contribution in [0.4, 0.5) is 96.6 Å². The normalized spacial score (nSPS) is 14.4. The summed E-state index contributed by atoms with van der Waals surface area (Å²) in [6, 6.07) is 0. The number of hydrogen-bond donors (Lipinski definition) is 0. The Morgan fingerprint density at radius 3 is 0.853 bits per heavy atom. The van der Waals surface area contributed by atoms with Gasteiger partial charge in [-0.2, -0.15) is 70.2 Å². The van der Waals surface area contributed by atoms with Crippen molar-refractivity contribution >= 4 is 0 Å². The second kappa shape index (κ2) is 14.1. The van der Waals surface area contributed by atoms with E-state index in [0.29, 0.717) is 0 Å². The first-order chi connectivity index (χ1) is 14.3. The van der Waals surface area contributed by atoms with Crippen LogP contribution in [0.2, 0.25) is 0 Å². The summed E-state index contributed by atoms with van der Waals surface area (Å²) in [4.78, 5) is 0. The molecule has 1 atom stereocenters. The highest BCUT2D eigenvalue weighted by molar-refractivity contribution is 4.73. The summed E-state index contributed by atoms with van der Waals surface area (Å²) in [5, 5.41) is 0. The summed E-state index contributed by atoms with van der Waals surface area (Å²) in [6.07, 6.45) is -34.6. The first kappa shape index (κ1) is 39.7. The van der Waals surface area contributed by atoms with Gasteiger partial charge in [0.15, 0.2) is 6.67 Å². The van der Waals surface area contributed by atoms with E-state index in [4.69, 9.17) is 0 Å². The Morgan fingerprint density at radius 2 is 0.853 bits per heavy atom. The minimum Gasteiger partial charge on any atom is -0.244 e. The van der Waals surface area contributed by atoms with Crippen LogP contribution in [-0.2, 0) is 0 Å². The molecular formula is C12H10F22. The van der Waals surface area contributed by atoms with Crippen LogP contribution in [0, 0.1) is 0 Å². The monoisotopic (exact) mass is 572 g/mol. The first-order valence-corrected chi connectivity index (χ1v) is 7.12. The van der Waals surface area contributed by atoms with Crippen molar-refractivity contribution in [3.8, 4) is 0 Å². The number of rotatable bonds is 3.